The number of aliphatic imine (C=N–C) groups is 1. The minimum Gasteiger partial charge on any atom is -0.488 e. The van der Waals surface area contributed by atoms with Crippen LogP contribution in [0.25, 0.3) is 0 Å². The fourth-order valence-corrected chi connectivity index (χ4v) is 3.38. The molecule has 2 unspecified atom stereocenters. The highest BCUT2D eigenvalue weighted by Crippen LogP contribution is 2.31. The number of hydrogen-bond acceptors (Lipinski definition) is 4. The third-order valence-electron chi connectivity index (χ3n) is 4.89. The summed E-state index contributed by atoms with van der Waals surface area (Å²) < 4.78 is 11.5. The number of benzene rings is 1. The Morgan fingerprint density at radius 1 is 1.38 bits per heavy atom. The maximum absolute atomic E-state index is 9.30. The molecule has 1 aromatic rings. The predicted octanol–water partition coefficient (Wildman–Crippen LogP) is 0.944. The first-order valence-corrected chi connectivity index (χ1v) is 8.62. The molecule has 132 valence electrons. The van der Waals surface area contributed by atoms with Crippen LogP contribution >= 0.6 is 0 Å². The predicted molar refractivity (Wildman–Crippen MR) is 93.5 cm³/mol. The van der Waals surface area contributed by atoms with Gasteiger partial charge in [0.1, 0.15) is 11.9 Å². The molecule has 2 aliphatic rings. The van der Waals surface area contributed by atoms with Gasteiger partial charge in [-0.25, -0.2) is 0 Å². The van der Waals surface area contributed by atoms with Crippen molar-refractivity contribution < 1.29 is 14.6 Å². The van der Waals surface area contributed by atoms with E-state index in [0.717, 1.165) is 44.1 Å². The number of fused-ring (bicyclic) bond motifs is 1. The lowest BCUT2D eigenvalue weighted by molar-refractivity contribution is 0.127. The SMILES string of the molecule is CN=C(NCC1Cc2ccccc2O1)NCC1(CCO)CCOC1. The first-order valence-electron chi connectivity index (χ1n) is 8.62. The van der Waals surface area contributed by atoms with E-state index in [4.69, 9.17) is 9.47 Å². The van der Waals surface area contributed by atoms with Gasteiger partial charge in [-0.3, -0.25) is 4.99 Å². The Balaban J connectivity index is 1.46. The topological polar surface area (TPSA) is 75.1 Å². The highest BCUT2D eigenvalue weighted by molar-refractivity contribution is 5.79. The molecule has 1 aromatic carbocycles. The summed E-state index contributed by atoms with van der Waals surface area (Å²) in [7, 11) is 1.77. The van der Waals surface area contributed by atoms with Crippen molar-refractivity contribution in [1.82, 2.24) is 10.6 Å². The number of rotatable bonds is 6. The van der Waals surface area contributed by atoms with Gasteiger partial charge in [0.05, 0.1) is 13.2 Å². The Morgan fingerprint density at radius 2 is 2.25 bits per heavy atom. The molecule has 2 aliphatic heterocycles. The van der Waals surface area contributed by atoms with Crippen LogP contribution in [0.5, 0.6) is 5.75 Å². The van der Waals surface area contributed by atoms with Crippen molar-refractivity contribution in [2.45, 2.75) is 25.4 Å². The molecule has 0 radical (unpaired) electrons. The van der Waals surface area contributed by atoms with Gasteiger partial charge in [-0.2, -0.15) is 0 Å². The second-order valence-corrected chi connectivity index (χ2v) is 6.63. The highest BCUT2D eigenvalue weighted by Gasteiger charge is 2.34. The van der Waals surface area contributed by atoms with E-state index in [9.17, 15) is 5.11 Å². The van der Waals surface area contributed by atoms with Gasteiger partial charge in [0, 0.05) is 38.6 Å². The Labute approximate surface area is 143 Å². The smallest absolute Gasteiger partial charge is 0.191 e. The number of nitrogens with one attached hydrogen (secondary N) is 2. The van der Waals surface area contributed by atoms with Crippen molar-refractivity contribution in [3.8, 4) is 5.75 Å². The quantitative estimate of drug-likeness (QED) is 0.534. The summed E-state index contributed by atoms with van der Waals surface area (Å²) in [4.78, 5) is 4.29. The number of para-hydroxylation sites is 1. The minimum atomic E-state index is 0.00641. The average Bonchev–Trinajstić information content (AvgIpc) is 3.22. The van der Waals surface area contributed by atoms with Gasteiger partial charge < -0.3 is 25.2 Å². The van der Waals surface area contributed by atoms with Crippen LogP contribution in [-0.2, 0) is 11.2 Å². The van der Waals surface area contributed by atoms with Crippen LogP contribution in [0.4, 0.5) is 0 Å². The van der Waals surface area contributed by atoms with Crippen molar-refractivity contribution in [3.63, 3.8) is 0 Å². The number of guanidine groups is 1. The molecule has 2 heterocycles. The summed E-state index contributed by atoms with van der Waals surface area (Å²) in [5.41, 5.74) is 1.27. The Morgan fingerprint density at radius 3 is 2.96 bits per heavy atom. The molecule has 6 nitrogen and oxygen atoms in total. The van der Waals surface area contributed by atoms with Crippen LogP contribution in [0.3, 0.4) is 0 Å². The van der Waals surface area contributed by atoms with Crippen molar-refractivity contribution in [2.24, 2.45) is 10.4 Å². The first kappa shape index (κ1) is 17.0. The van der Waals surface area contributed by atoms with Crippen molar-refractivity contribution in [1.29, 1.82) is 0 Å². The molecule has 3 rings (SSSR count). The molecule has 6 heteroatoms. The zero-order chi connectivity index (χ0) is 16.8. The fourth-order valence-electron chi connectivity index (χ4n) is 3.38. The van der Waals surface area contributed by atoms with E-state index in [0.29, 0.717) is 13.2 Å². The van der Waals surface area contributed by atoms with Gasteiger partial charge in [0.15, 0.2) is 5.96 Å². The van der Waals surface area contributed by atoms with Gasteiger partial charge in [0.25, 0.3) is 0 Å². The minimum absolute atomic E-state index is 0.00641. The lowest BCUT2D eigenvalue weighted by atomic mass is 9.84. The van der Waals surface area contributed by atoms with Gasteiger partial charge >= 0.3 is 0 Å². The molecule has 1 fully saturated rings. The molecule has 0 spiro atoms. The van der Waals surface area contributed by atoms with Crippen LogP contribution in [-0.4, -0.2) is 57.1 Å². The second kappa shape index (κ2) is 7.85. The standard InChI is InChI=1S/C18H27N3O3/c1-19-17(21-12-18(6-8-22)7-9-23-13-18)20-11-15-10-14-4-2-3-5-16(14)24-15/h2-5,15,22H,6-13H2,1H3,(H2,19,20,21). The van der Waals surface area contributed by atoms with Crippen molar-refractivity contribution in [3.05, 3.63) is 29.8 Å². The first-order chi connectivity index (χ1) is 11.7. The molecule has 0 amide bonds. The molecule has 0 aromatic heterocycles. The van der Waals surface area contributed by atoms with Gasteiger partial charge in [-0.05, 0) is 24.5 Å². The maximum Gasteiger partial charge on any atom is 0.191 e. The van der Waals surface area contributed by atoms with Crippen molar-refractivity contribution >= 4 is 5.96 Å². The average molecular weight is 333 g/mol. The molecule has 0 saturated carbocycles. The number of aliphatic hydroxyl groups excluding tert-OH is 1. The molecule has 1 saturated heterocycles. The normalized spacial score (nSPS) is 26.1. The molecular formula is C18H27N3O3. The number of aliphatic hydroxyl groups is 1. The molecule has 2 atom stereocenters. The van der Waals surface area contributed by atoms with E-state index < -0.39 is 0 Å². The second-order valence-electron chi connectivity index (χ2n) is 6.63. The van der Waals surface area contributed by atoms with E-state index in [1.165, 1.54) is 5.56 Å². The van der Waals surface area contributed by atoms with E-state index in [1.54, 1.807) is 7.05 Å². The third kappa shape index (κ3) is 3.99. The number of ether oxygens (including phenoxy) is 2. The summed E-state index contributed by atoms with van der Waals surface area (Å²) in [6, 6.07) is 8.17. The van der Waals surface area contributed by atoms with E-state index in [1.807, 2.05) is 18.2 Å². The van der Waals surface area contributed by atoms with Crippen LogP contribution in [0, 0.1) is 5.41 Å². The van der Waals surface area contributed by atoms with Crippen LogP contribution < -0.4 is 15.4 Å². The zero-order valence-corrected chi connectivity index (χ0v) is 14.3. The van der Waals surface area contributed by atoms with Crippen molar-refractivity contribution in [2.75, 3.05) is 40.0 Å². The van der Waals surface area contributed by atoms with E-state index >= 15 is 0 Å². The maximum atomic E-state index is 9.30. The van der Waals surface area contributed by atoms with Crippen LogP contribution in [0.15, 0.2) is 29.3 Å². The van der Waals surface area contributed by atoms with Gasteiger partial charge in [-0.1, -0.05) is 18.2 Å². The lowest BCUT2D eigenvalue weighted by Crippen LogP contribution is -2.46. The van der Waals surface area contributed by atoms with Crippen LogP contribution in [0.1, 0.15) is 18.4 Å². The third-order valence-corrected chi connectivity index (χ3v) is 4.89. The van der Waals surface area contributed by atoms with E-state index in [-0.39, 0.29) is 18.1 Å². The Kier molecular flexibility index (Phi) is 5.58. The fraction of sp³-hybridized carbons (Fsp3) is 0.611. The van der Waals surface area contributed by atoms with Gasteiger partial charge in [-0.15, -0.1) is 0 Å². The number of nitrogens with zero attached hydrogens (tertiary/aromatic N) is 1. The summed E-state index contributed by atoms with van der Waals surface area (Å²) in [5, 5.41) is 16.0. The molecule has 24 heavy (non-hydrogen) atoms. The lowest BCUT2D eigenvalue weighted by Gasteiger charge is -2.28. The molecular weight excluding hydrogens is 306 g/mol. The largest absolute Gasteiger partial charge is 0.488 e. The summed E-state index contributed by atoms with van der Waals surface area (Å²) in [5.74, 6) is 1.75. The highest BCUT2D eigenvalue weighted by atomic mass is 16.5. The van der Waals surface area contributed by atoms with Gasteiger partial charge in [0.2, 0.25) is 0 Å². The molecule has 3 N–H and O–H groups in total. The van der Waals surface area contributed by atoms with E-state index in [2.05, 4.69) is 21.7 Å². The Hall–Kier alpha value is -1.79. The number of hydrogen-bond donors (Lipinski definition) is 3. The summed E-state index contributed by atoms with van der Waals surface area (Å²) in [6.07, 6.45) is 2.76. The monoisotopic (exact) mass is 333 g/mol. The Bertz CT molecular complexity index is 545. The molecule has 0 bridgehead atoms. The summed E-state index contributed by atoms with van der Waals surface area (Å²) in [6.45, 7) is 3.10. The molecule has 0 aliphatic carbocycles. The van der Waals surface area contributed by atoms with Crippen LogP contribution in [0.2, 0.25) is 0 Å². The summed E-state index contributed by atoms with van der Waals surface area (Å²) >= 11 is 0. The zero-order valence-electron chi connectivity index (χ0n) is 14.3.